The molecule has 0 saturated heterocycles. The molecule has 0 unspecified atom stereocenters. The van der Waals surface area contributed by atoms with E-state index in [1.54, 1.807) is 29.7 Å². The number of carbonyl (C=O) groups is 1. The van der Waals surface area contributed by atoms with E-state index in [0.717, 1.165) is 37.8 Å². The van der Waals surface area contributed by atoms with Crippen LogP contribution in [0, 0.1) is 32.1 Å². The second-order valence-electron chi connectivity index (χ2n) is 8.11. The zero-order valence-electron chi connectivity index (χ0n) is 18.8. The van der Waals surface area contributed by atoms with Crippen molar-refractivity contribution in [1.82, 2.24) is 19.7 Å². The van der Waals surface area contributed by atoms with Crippen molar-refractivity contribution in [3.05, 3.63) is 81.4 Å². The van der Waals surface area contributed by atoms with Crippen molar-refractivity contribution in [2.24, 2.45) is 4.99 Å². The first-order valence-electron chi connectivity index (χ1n) is 10.7. The zero-order chi connectivity index (χ0) is 24.0. The lowest BCUT2D eigenvalue weighted by molar-refractivity contribution is -0.137. The summed E-state index contributed by atoms with van der Waals surface area (Å²) in [7, 11) is 0. The average molecular weight is 469 g/mol. The Kier molecular flexibility index (Phi) is 5.30. The number of fused-ring (bicyclic) bond motifs is 3. The van der Waals surface area contributed by atoms with Crippen LogP contribution in [0.2, 0.25) is 0 Å². The summed E-state index contributed by atoms with van der Waals surface area (Å²) in [6.45, 7) is 5.99. The van der Waals surface area contributed by atoms with Gasteiger partial charge in [-0.25, -0.2) is 0 Å². The number of aromatic nitrogens is 4. The molecule has 3 aromatic heterocycles. The molecule has 34 heavy (non-hydrogen) atoms. The second kappa shape index (κ2) is 8.32. The second-order valence-corrected chi connectivity index (χ2v) is 9.32. The third-order valence-corrected chi connectivity index (χ3v) is 7.14. The Hall–Kier alpha value is -4.16. The number of nitriles is 1. The Morgan fingerprint density at radius 1 is 1.15 bits per heavy atom. The third kappa shape index (κ3) is 3.58. The van der Waals surface area contributed by atoms with Crippen LogP contribution in [0.15, 0.2) is 47.6 Å². The van der Waals surface area contributed by atoms with Crippen molar-refractivity contribution in [3.63, 3.8) is 0 Å². The van der Waals surface area contributed by atoms with Crippen molar-refractivity contribution in [1.29, 1.82) is 5.26 Å². The van der Waals surface area contributed by atoms with Crippen molar-refractivity contribution in [3.8, 4) is 22.3 Å². The van der Waals surface area contributed by atoms with Crippen LogP contribution in [0.25, 0.3) is 16.3 Å². The van der Waals surface area contributed by atoms with Gasteiger partial charge in [0.15, 0.2) is 5.82 Å². The lowest BCUT2D eigenvalue weighted by Crippen LogP contribution is -2.10. The molecule has 1 aliphatic rings. The predicted molar refractivity (Wildman–Crippen MR) is 128 cm³/mol. The number of carboxylic acid groups (broad SMARTS) is 1. The summed E-state index contributed by atoms with van der Waals surface area (Å²) in [6, 6.07) is 12.7. The number of hydrogen-bond donors (Lipinski definition) is 1. The number of aliphatic carboxylic acids is 1. The minimum absolute atomic E-state index is 0.183. The molecular formula is C25H20N6O2S. The molecule has 0 fully saturated rings. The Morgan fingerprint density at radius 2 is 1.88 bits per heavy atom. The summed E-state index contributed by atoms with van der Waals surface area (Å²) in [5.74, 6) is 0.284. The number of pyridine rings is 1. The van der Waals surface area contributed by atoms with Crippen LogP contribution >= 0.6 is 11.3 Å². The number of aryl methyl sites for hydroxylation is 2. The van der Waals surface area contributed by atoms with E-state index in [1.165, 1.54) is 0 Å². The Balaban J connectivity index is 1.67. The highest BCUT2D eigenvalue weighted by atomic mass is 32.1. The molecule has 1 N–H and O–H groups in total. The fourth-order valence-corrected chi connectivity index (χ4v) is 5.36. The monoisotopic (exact) mass is 468 g/mol. The van der Waals surface area contributed by atoms with Gasteiger partial charge in [-0.1, -0.05) is 24.3 Å². The molecule has 1 atom stereocenters. The van der Waals surface area contributed by atoms with Crippen LogP contribution < -0.4 is 0 Å². The number of carboxylic acids is 1. The highest BCUT2D eigenvalue weighted by Gasteiger charge is 2.32. The summed E-state index contributed by atoms with van der Waals surface area (Å²) in [5.41, 5.74) is 5.81. The zero-order valence-corrected chi connectivity index (χ0v) is 19.6. The van der Waals surface area contributed by atoms with E-state index in [1.807, 2.05) is 35.8 Å². The number of aliphatic imine (C=N–C) groups is 1. The van der Waals surface area contributed by atoms with Gasteiger partial charge >= 0.3 is 5.97 Å². The fraction of sp³-hybridized carbons (Fsp3) is 0.200. The maximum atomic E-state index is 11.7. The quantitative estimate of drug-likeness (QED) is 0.469. The maximum absolute atomic E-state index is 11.7. The molecule has 4 aromatic rings. The van der Waals surface area contributed by atoms with Gasteiger partial charge in [-0.15, -0.1) is 21.5 Å². The molecule has 0 saturated carbocycles. The normalized spacial score (nSPS) is 14.5. The largest absolute Gasteiger partial charge is 0.481 e. The summed E-state index contributed by atoms with van der Waals surface area (Å²) < 4.78 is 1.94. The summed E-state index contributed by atoms with van der Waals surface area (Å²) in [4.78, 5) is 22.2. The number of rotatable bonds is 4. The van der Waals surface area contributed by atoms with Gasteiger partial charge in [0, 0.05) is 27.8 Å². The standard InChI is InChI=1S/C25H20N6O2S/c1-13-14(2)34-25-22(13)23(28-20(11-21(32)33)24-30-29-15(3)31(24)25)18-6-4-17(5-7-18)19-10-16(12-26)8-9-27-19/h4-10,20H,11H2,1-3H3,(H,32,33)/t20-/m0/s1. The van der Waals surface area contributed by atoms with Gasteiger partial charge in [0.1, 0.15) is 16.9 Å². The topological polar surface area (TPSA) is 117 Å². The number of nitrogens with zero attached hydrogens (tertiary/aromatic N) is 6. The van der Waals surface area contributed by atoms with Crippen LogP contribution in [0.5, 0.6) is 0 Å². The van der Waals surface area contributed by atoms with Crippen molar-refractivity contribution in [2.45, 2.75) is 33.2 Å². The minimum Gasteiger partial charge on any atom is -0.481 e. The third-order valence-electron chi connectivity index (χ3n) is 5.95. The Bertz CT molecular complexity index is 1510. The first-order valence-corrected chi connectivity index (χ1v) is 11.5. The number of benzene rings is 1. The summed E-state index contributed by atoms with van der Waals surface area (Å²) in [6.07, 6.45) is 1.44. The van der Waals surface area contributed by atoms with Crippen molar-refractivity contribution >= 4 is 23.0 Å². The van der Waals surface area contributed by atoms with Gasteiger partial charge < -0.3 is 5.11 Å². The van der Waals surface area contributed by atoms with E-state index in [4.69, 9.17) is 4.99 Å². The fourth-order valence-electron chi connectivity index (χ4n) is 4.15. The highest BCUT2D eigenvalue weighted by Crippen LogP contribution is 2.39. The predicted octanol–water partition coefficient (Wildman–Crippen LogP) is 4.55. The Labute approximate surface area is 199 Å². The van der Waals surface area contributed by atoms with Crippen LogP contribution in [0.1, 0.15) is 51.2 Å². The molecule has 0 bridgehead atoms. The van der Waals surface area contributed by atoms with Gasteiger partial charge in [0.2, 0.25) is 0 Å². The van der Waals surface area contributed by atoms with E-state index in [2.05, 4.69) is 35.1 Å². The Morgan fingerprint density at radius 3 is 2.59 bits per heavy atom. The van der Waals surface area contributed by atoms with E-state index >= 15 is 0 Å². The average Bonchev–Trinajstić information content (AvgIpc) is 3.31. The molecule has 0 radical (unpaired) electrons. The lowest BCUT2D eigenvalue weighted by Gasteiger charge is -2.11. The van der Waals surface area contributed by atoms with Gasteiger partial charge in [0.05, 0.1) is 29.5 Å². The van der Waals surface area contributed by atoms with Gasteiger partial charge in [0.25, 0.3) is 0 Å². The van der Waals surface area contributed by atoms with E-state index in [-0.39, 0.29) is 6.42 Å². The molecule has 5 rings (SSSR count). The molecule has 1 aromatic carbocycles. The maximum Gasteiger partial charge on any atom is 0.306 e. The molecule has 4 heterocycles. The van der Waals surface area contributed by atoms with Crippen molar-refractivity contribution in [2.75, 3.05) is 0 Å². The van der Waals surface area contributed by atoms with Gasteiger partial charge in [-0.05, 0) is 38.5 Å². The van der Waals surface area contributed by atoms with E-state index < -0.39 is 12.0 Å². The van der Waals surface area contributed by atoms with Crippen LogP contribution in [0.4, 0.5) is 0 Å². The first-order chi connectivity index (χ1) is 16.4. The lowest BCUT2D eigenvalue weighted by atomic mass is 9.98. The van der Waals surface area contributed by atoms with Crippen LogP contribution in [-0.2, 0) is 4.79 Å². The number of hydrogen-bond acceptors (Lipinski definition) is 7. The SMILES string of the molecule is Cc1sc2c(c1C)C(c1ccc(-c3cc(C#N)ccn3)cc1)=N[C@@H](CC(=O)O)c1nnc(C)n1-2. The smallest absolute Gasteiger partial charge is 0.306 e. The van der Waals surface area contributed by atoms with E-state index in [9.17, 15) is 15.2 Å². The summed E-state index contributed by atoms with van der Waals surface area (Å²) in [5, 5.41) is 28.2. The molecular weight excluding hydrogens is 448 g/mol. The molecule has 0 aliphatic carbocycles. The van der Waals surface area contributed by atoms with Crippen LogP contribution in [0.3, 0.4) is 0 Å². The molecule has 8 nitrogen and oxygen atoms in total. The molecule has 0 amide bonds. The molecule has 168 valence electrons. The highest BCUT2D eigenvalue weighted by molar-refractivity contribution is 7.15. The molecule has 1 aliphatic heterocycles. The van der Waals surface area contributed by atoms with Gasteiger partial charge in [-0.3, -0.25) is 19.3 Å². The van der Waals surface area contributed by atoms with Crippen molar-refractivity contribution < 1.29 is 9.90 Å². The van der Waals surface area contributed by atoms with E-state index in [0.29, 0.717) is 22.9 Å². The first kappa shape index (κ1) is 21.7. The minimum atomic E-state index is -0.947. The summed E-state index contributed by atoms with van der Waals surface area (Å²) >= 11 is 1.63. The van der Waals surface area contributed by atoms with Gasteiger partial charge in [-0.2, -0.15) is 5.26 Å². The van der Waals surface area contributed by atoms with Crippen LogP contribution in [-0.4, -0.2) is 36.5 Å². The number of thiophene rings is 1. The molecule has 9 heteroatoms. The molecule has 0 spiro atoms.